The van der Waals surface area contributed by atoms with Gasteiger partial charge in [-0.05, 0) is 30.8 Å². The van der Waals surface area contributed by atoms with Gasteiger partial charge in [0.05, 0.1) is 19.0 Å². The molecule has 3 N–H and O–H groups in total. The second kappa shape index (κ2) is 14.3. The first-order valence-corrected chi connectivity index (χ1v) is 22.1. The number of anilines is 1. The van der Waals surface area contributed by atoms with Crippen LogP contribution in [0.4, 0.5) is 5.95 Å². The normalized spacial score (nSPS) is 18.4. The molecular formula is C42H49N5O4Si2. The minimum absolute atomic E-state index is 0.0222. The lowest BCUT2D eigenvalue weighted by atomic mass is 10.2. The van der Waals surface area contributed by atoms with Gasteiger partial charge >= 0.3 is 0 Å². The van der Waals surface area contributed by atoms with Crippen LogP contribution in [-0.4, -0.2) is 55.0 Å². The summed E-state index contributed by atoms with van der Waals surface area (Å²) >= 11 is 0. The molecule has 0 unspecified atom stereocenters. The summed E-state index contributed by atoms with van der Waals surface area (Å²) < 4.78 is 24.2. The van der Waals surface area contributed by atoms with E-state index >= 15 is 0 Å². The Morgan fingerprint density at radius 1 is 0.755 bits per heavy atom. The molecule has 0 saturated carbocycles. The summed E-state index contributed by atoms with van der Waals surface area (Å²) in [6, 6.07) is 42.6. The molecule has 1 aliphatic heterocycles. The number of benzene rings is 4. The molecule has 3 atom stereocenters. The van der Waals surface area contributed by atoms with Crippen molar-refractivity contribution in [3.05, 3.63) is 138 Å². The van der Waals surface area contributed by atoms with Crippen molar-refractivity contribution in [2.24, 2.45) is 0 Å². The standard InChI is InChI=1S/C42H49N5O4Si2/c1-41(2,3)52(30-19-11-7-12-20-30,31-21-13-8-14-22-31)49-28-35-34(27-36(50-35)47-29-44-37-38(47)45-40(43)46-39(37)48)51-53(42(4,5)6,32-23-15-9-16-24-32)33-25-17-10-18-26-33/h7-26,29,34-36H,27-28H2,1-6H3,(H3,43,45,46,48)/t34-,35+,36+/m0/s1. The third-order valence-corrected chi connectivity index (χ3v) is 20.6. The maximum absolute atomic E-state index is 12.8. The number of hydrogen-bond donors (Lipinski definition) is 2. The molecule has 1 fully saturated rings. The highest BCUT2D eigenvalue weighted by molar-refractivity contribution is 7.00. The fourth-order valence-electron chi connectivity index (χ4n) is 8.19. The molecule has 7 rings (SSSR count). The number of nitrogens with two attached hydrogens (primary N) is 1. The van der Waals surface area contributed by atoms with Gasteiger partial charge < -0.3 is 19.3 Å². The highest BCUT2D eigenvalue weighted by Crippen LogP contribution is 2.43. The Labute approximate surface area is 313 Å². The summed E-state index contributed by atoms with van der Waals surface area (Å²) in [6.07, 6.45) is 0.701. The van der Waals surface area contributed by atoms with Crippen molar-refractivity contribution in [2.45, 2.75) is 76.5 Å². The van der Waals surface area contributed by atoms with Crippen molar-refractivity contribution in [3.8, 4) is 0 Å². The van der Waals surface area contributed by atoms with Crippen LogP contribution >= 0.6 is 0 Å². The number of aromatic nitrogens is 4. The zero-order chi connectivity index (χ0) is 37.4. The quantitative estimate of drug-likeness (QED) is 0.178. The topological polar surface area (TPSA) is 117 Å². The average Bonchev–Trinajstić information content (AvgIpc) is 3.75. The third kappa shape index (κ3) is 6.61. The van der Waals surface area contributed by atoms with Gasteiger partial charge in [-0.1, -0.05) is 163 Å². The second-order valence-corrected chi connectivity index (χ2v) is 24.5. The molecule has 0 aliphatic carbocycles. The molecule has 0 spiro atoms. The average molecular weight is 744 g/mol. The summed E-state index contributed by atoms with van der Waals surface area (Å²) in [4.78, 5) is 24.3. The zero-order valence-electron chi connectivity index (χ0n) is 31.3. The van der Waals surface area contributed by atoms with Gasteiger partial charge in [0.15, 0.2) is 11.2 Å². The van der Waals surface area contributed by atoms with E-state index in [-0.39, 0.29) is 34.3 Å². The van der Waals surface area contributed by atoms with Crippen molar-refractivity contribution in [2.75, 3.05) is 12.3 Å². The SMILES string of the molecule is CC(C)(C)[Si](OC[C@H]1O[C@@H](n2cnc3c(=O)[nH]c(N)nc32)C[C@@H]1O[Si](c1ccccc1)(c1ccccc1)C(C)(C)C)(c1ccccc1)c1ccccc1. The van der Waals surface area contributed by atoms with E-state index in [0.29, 0.717) is 12.1 Å². The Hall–Kier alpha value is -4.66. The molecule has 2 aromatic heterocycles. The van der Waals surface area contributed by atoms with Crippen LogP contribution in [0.5, 0.6) is 0 Å². The van der Waals surface area contributed by atoms with Crippen LogP contribution in [0.25, 0.3) is 11.2 Å². The van der Waals surface area contributed by atoms with E-state index in [1.54, 1.807) is 6.33 Å². The van der Waals surface area contributed by atoms with Crippen LogP contribution in [0.15, 0.2) is 132 Å². The van der Waals surface area contributed by atoms with E-state index in [9.17, 15) is 4.79 Å². The largest absolute Gasteiger partial charge is 0.405 e. The fraction of sp³-hybridized carbons (Fsp3) is 0.310. The predicted molar refractivity (Wildman–Crippen MR) is 217 cm³/mol. The highest BCUT2D eigenvalue weighted by atomic mass is 28.4. The summed E-state index contributed by atoms with van der Waals surface area (Å²) in [5, 5.41) is 4.26. The third-order valence-electron chi connectivity index (χ3n) is 10.6. The first kappa shape index (κ1) is 36.7. The van der Waals surface area contributed by atoms with Crippen LogP contribution in [-0.2, 0) is 13.6 Å². The van der Waals surface area contributed by atoms with Gasteiger partial charge in [0.2, 0.25) is 5.95 Å². The molecule has 6 aromatic rings. The number of nitrogens with zero attached hydrogens (tertiary/aromatic N) is 3. The fourth-order valence-corrected chi connectivity index (χ4v) is 17.5. The summed E-state index contributed by atoms with van der Waals surface area (Å²) in [5.74, 6) is 0.0222. The van der Waals surface area contributed by atoms with Crippen LogP contribution in [0.3, 0.4) is 0 Å². The van der Waals surface area contributed by atoms with Crippen LogP contribution in [0.1, 0.15) is 54.2 Å². The van der Waals surface area contributed by atoms with Crippen LogP contribution in [0, 0.1) is 0 Å². The smallest absolute Gasteiger partial charge is 0.280 e. The molecule has 0 radical (unpaired) electrons. The van der Waals surface area contributed by atoms with Gasteiger partial charge in [-0.25, -0.2) is 4.98 Å². The number of nitrogens with one attached hydrogen (secondary N) is 1. The Kier molecular flexibility index (Phi) is 9.90. The van der Waals surface area contributed by atoms with Crippen LogP contribution in [0.2, 0.25) is 10.1 Å². The minimum atomic E-state index is -3.02. The first-order valence-electron chi connectivity index (χ1n) is 18.3. The number of nitrogen functional groups attached to an aromatic ring is 1. The van der Waals surface area contributed by atoms with Gasteiger partial charge in [0.1, 0.15) is 12.3 Å². The van der Waals surface area contributed by atoms with E-state index in [1.807, 2.05) is 4.57 Å². The van der Waals surface area contributed by atoms with Crippen LogP contribution < -0.4 is 32.0 Å². The van der Waals surface area contributed by atoms with E-state index < -0.39 is 34.5 Å². The number of fused-ring (bicyclic) bond motifs is 1. The maximum Gasteiger partial charge on any atom is 0.280 e. The van der Waals surface area contributed by atoms with E-state index in [4.69, 9.17) is 19.3 Å². The molecule has 0 amide bonds. The Morgan fingerprint density at radius 3 is 1.66 bits per heavy atom. The summed E-state index contributed by atoms with van der Waals surface area (Å²) in [6.45, 7) is 14.0. The molecule has 1 aliphatic rings. The van der Waals surface area contributed by atoms with Gasteiger partial charge in [0.25, 0.3) is 22.2 Å². The Balaban J connectivity index is 1.36. The van der Waals surface area contributed by atoms with Gasteiger partial charge in [-0.3, -0.25) is 14.3 Å². The van der Waals surface area contributed by atoms with E-state index in [2.05, 4.69) is 178 Å². The van der Waals surface area contributed by atoms with Crippen molar-refractivity contribution in [3.63, 3.8) is 0 Å². The predicted octanol–water partition coefficient (Wildman–Crippen LogP) is 5.51. The lowest BCUT2D eigenvalue weighted by molar-refractivity contribution is -0.0372. The minimum Gasteiger partial charge on any atom is -0.405 e. The van der Waals surface area contributed by atoms with Crippen molar-refractivity contribution >= 4 is 54.5 Å². The van der Waals surface area contributed by atoms with Crippen molar-refractivity contribution < 1.29 is 13.6 Å². The number of hydrogen-bond acceptors (Lipinski definition) is 7. The lowest BCUT2D eigenvalue weighted by Crippen LogP contribution is -2.69. The lowest BCUT2D eigenvalue weighted by Gasteiger charge is -2.46. The van der Waals surface area contributed by atoms with E-state index in [0.717, 1.165) is 0 Å². The Bertz CT molecular complexity index is 2120. The molecule has 9 nitrogen and oxygen atoms in total. The van der Waals surface area contributed by atoms with E-state index in [1.165, 1.54) is 20.7 Å². The molecule has 274 valence electrons. The first-order chi connectivity index (χ1) is 25.3. The molecular weight excluding hydrogens is 695 g/mol. The summed E-state index contributed by atoms with van der Waals surface area (Å²) in [5.41, 5.74) is 6.21. The molecule has 3 heterocycles. The molecule has 0 bridgehead atoms. The molecule has 53 heavy (non-hydrogen) atoms. The number of aromatic amines is 1. The zero-order valence-corrected chi connectivity index (χ0v) is 33.3. The van der Waals surface area contributed by atoms with Gasteiger partial charge in [-0.15, -0.1) is 0 Å². The van der Waals surface area contributed by atoms with Gasteiger partial charge in [0, 0.05) is 6.42 Å². The van der Waals surface area contributed by atoms with Crippen molar-refractivity contribution in [1.82, 2.24) is 19.5 Å². The highest BCUT2D eigenvalue weighted by Gasteiger charge is 2.55. The Morgan fingerprint density at radius 2 is 1.21 bits per heavy atom. The molecule has 1 saturated heterocycles. The number of imidazole rings is 1. The molecule has 11 heteroatoms. The number of rotatable bonds is 10. The summed E-state index contributed by atoms with van der Waals surface area (Å²) in [7, 11) is -5.96. The second-order valence-electron chi connectivity index (χ2n) is 15.9. The maximum atomic E-state index is 12.8. The van der Waals surface area contributed by atoms with Crippen molar-refractivity contribution in [1.29, 1.82) is 0 Å². The molecule has 4 aromatic carbocycles. The van der Waals surface area contributed by atoms with Gasteiger partial charge in [-0.2, -0.15) is 4.98 Å². The monoisotopic (exact) mass is 743 g/mol. The number of H-pyrrole nitrogens is 1. The number of ether oxygens (including phenoxy) is 1.